The smallest absolute Gasteiger partial charge is 0.0720 e. The molecule has 0 bridgehead atoms. The Morgan fingerprint density at radius 3 is 1.92 bits per heavy atom. The van der Waals surface area contributed by atoms with Gasteiger partial charge in [-0.3, -0.25) is 0 Å². The van der Waals surface area contributed by atoms with Gasteiger partial charge in [0.15, 0.2) is 0 Å². The Labute approximate surface area is 365 Å². The summed E-state index contributed by atoms with van der Waals surface area (Å²) in [6, 6.07) is 65.5. The number of hydrogen-bond acceptors (Lipinski definition) is 1. The van der Waals surface area contributed by atoms with Crippen molar-refractivity contribution in [3.8, 4) is 27.9 Å². The predicted molar refractivity (Wildman–Crippen MR) is 256 cm³/mol. The maximum atomic E-state index is 10.3. The molecule has 0 aliphatic heterocycles. The standard InChI is InChI=1S/C59H40N2/c1-4-20-42(21-5-1)48-27-13-16-32-55(48)60(45-23-6-2-7-24-45)47-37-38-53-51(40-47)49-28-12-15-30-52(49)59(53,44-36-35-41-19-10-11-22-43(41)39-44)54-31-18-34-57-58(54)50-29-14-17-33-56(50)61(57)46-25-8-3-9-26-46/h1-40H/i10D,11D,19D,22D,35D,36D,39D. The van der Waals surface area contributed by atoms with Gasteiger partial charge in [0.25, 0.3) is 0 Å². The van der Waals surface area contributed by atoms with Crippen molar-refractivity contribution in [3.63, 3.8) is 0 Å². The van der Waals surface area contributed by atoms with E-state index in [4.69, 9.17) is 4.11 Å². The molecule has 61 heavy (non-hydrogen) atoms. The normalized spacial score (nSPS) is 15.9. The van der Waals surface area contributed by atoms with Gasteiger partial charge in [-0.05, 0) is 110 Å². The molecule has 1 heterocycles. The van der Waals surface area contributed by atoms with Crippen LogP contribution < -0.4 is 4.90 Å². The molecule has 12 rings (SSSR count). The van der Waals surface area contributed by atoms with Crippen LogP contribution in [0.3, 0.4) is 0 Å². The summed E-state index contributed by atoms with van der Waals surface area (Å²) in [4.78, 5) is 2.26. The fourth-order valence-corrected chi connectivity index (χ4v) is 9.80. The molecular formula is C59H40N2. The first kappa shape index (κ1) is 28.5. The van der Waals surface area contributed by atoms with Crippen LogP contribution in [-0.2, 0) is 5.41 Å². The lowest BCUT2D eigenvalue weighted by Gasteiger charge is -2.35. The Morgan fingerprint density at radius 2 is 1.08 bits per heavy atom. The van der Waals surface area contributed by atoms with Gasteiger partial charge < -0.3 is 9.47 Å². The van der Waals surface area contributed by atoms with Crippen molar-refractivity contribution in [2.45, 2.75) is 5.41 Å². The molecule has 1 atom stereocenters. The average Bonchev–Trinajstić information content (AvgIpc) is 3.88. The molecule has 0 saturated carbocycles. The summed E-state index contributed by atoms with van der Waals surface area (Å²) in [6.07, 6.45) is 0. The molecule has 0 spiro atoms. The van der Waals surface area contributed by atoms with E-state index in [2.05, 4.69) is 125 Å². The first-order valence-corrected chi connectivity index (χ1v) is 20.5. The molecule has 1 aromatic heterocycles. The van der Waals surface area contributed by atoms with Crippen LogP contribution in [-0.4, -0.2) is 4.57 Å². The minimum Gasteiger partial charge on any atom is -0.310 e. The predicted octanol–water partition coefficient (Wildman–Crippen LogP) is 15.4. The first-order chi connectivity index (χ1) is 33.2. The van der Waals surface area contributed by atoms with Crippen LogP contribution in [0, 0.1) is 0 Å². The molecule has 10 aromatic carbocycles. The number of aromatic nitrogens is 1. The van der Waals surface area contributed by atoms with E-state index in [-0.39, 0.29) is 34.5 Å². The van der Waals surface area contributed by atoms with Gasteiger partial charge in [-0.15, -0.1) is 0 Å². The molecule has 0 amide bonds. The Kier molecular flexibility index (Phi) is 6.59. The quantitative estimate of drug-likeness (QED) is 0.156. The Morgan fingerprint density at radius 1 is 0.443 bits per heavy atom. The lowest BCUT2D eigenvalue weighted by Crippen LogP contribution is -2.29. The molecule has 2 nitrogen and oxygen atoms in total. The van der Waals surface area contributed by atoms with Gasteiger partial charge >= 0.3 is 0 Å². The second-order valence-corrected chi connectivity index (χ2v) is 15.5. The molecule has 2 heteroatoms. The van der Waals surface area contributed by atoms with E-state index in [1.807, 2.05) is 84.9 Å². The van der Waals surface area contributed by atoms with E-state index in [0.717, 1.165) is 83.5 Å². The van der Waals surface area contributed by atoms with E-state index in [0.29, 0.717) is 0 Å². The summed E-state index contributed by atoms with van der Waals surface area (Å²) in [5, 5.41) is 1.65. The van der Waals surface area contributed by atoms with Gasteiger partial charge in [0.2, 0.25) is 0 Å². The van der Waals surface area contributed by atoms with Crippen LogP contribution >= 0.6 is 0 Å². The fourth-order valence-electron chi connectivity index (χ4n) is 9.80. The summed E-state index contributed by atoms with van der Waals surface area (Å²) in [6.45, 7) is 0. The number of nitrogens with zero attached hydrogens (tertiary/aromatic N) is 2. The molecule has 11 aromatic rings. The van der Waals surface area contributed by atoms with Crippen LogP contribution in [0.5, 0.6) is 0 Å². The molecule has 0 saturated heterocycles. The van der Waals surface area contributed by atoms with Crippen molar-refractivity contribution in [1.82, 2.24) is 4.57 Å². The van der Waals surface area contributed by atoms with Crippen LogP contribution in [0.15, 0.2) is 242 Å². The van der Waals surface area contributed by atoms with Gasteiger partial charge in [-0.2, -0.15) is 0 Å². The largest absolute Gasteiger partial charge is 0.310 e. The molecular weight excluding hydrogens is 737 g/mol. The second-order valence-electron chi connectivity index (χ2n) is 15.5. The molecule has 0 N–H and O–H groups in total. The molecule has 1 aliphatic rings. The van der Waals surface area contributed by atoms with Crippen molar-refractivity contribution >= 4 is 49.6 Å². The lowest BCUT2D eigenvalue weighted by molar-refractivity contribution is 0.778. The number of para-hydroxylation sites is 4. The second kappa shape index (κ2) is 14.1. The Balaban J connectivity index is 1.24. The summed E-state index contributed by atoms with van der Waals surface area (Å²) in [5.41, 5.74) is 10.7. The number of benzene rings is 10. The zero-order valence-electron chi connectivity index (χ0n) is 39.9. The Bertz CT molecular complexity index is 3830. The summed E-state index contributed by atoms with van der Waals surface area (Å²) >= 11 is 0. The monoisotopic (exact) mass is 783 g/mol. The van der Waals surface area contributed by atoms with Gasteiger partial charge in [0.05, 0.1) is 31.7 Å². The number of fused-ring (bicyclic) bond motifs is 7. The molecule has 1 unspecified atom stereocenters. The summed E-state index contributed by atoms with van der Waals surface area (Å²) in [5.74, 6) is 0. The third-order valence-corrected chi connectivity index (χ3v) is 12.3. The van der Waals surface area contributed by atoms with E-state index < -0.39 is 29.6 Å². The van der Waals surface area contributed by atoms with E-state index in [9.17, 15) is 5.48 Å². The van der Waals surface area contributed by atoms with Crippen LogP contribution in [0.1, 0.15) is 31.8 Å². The first-order valence-electron chi connectivity index (χ1n) is 24.0. The van der Waals surface area contributed by atoms with Crippen LogP contribution in [0.4, 0.5) is 17.1 Å². The minimum atomic E-state index is -1.44. The highest BCUT2D eigenvalue weighted by molar-refractivity contribution is 6.13. The molecule has 0 radical (unpaired) electrons. The van der Waals surface area contributed by atoms with Crippen molar-refractivity contribution in [2.75, 3.05) is 4.90 Å². The third kappa shape index (κ3) is 5.36. The van der Waals surface area contributed by atoms with Gasteiger partial charge in [0, 0.05) is 33.4 Å². The minimum absolute atomic E-state index is 0.0828. The molecule has 286 valence electrons. The van der Waals surface area contributed by atoms with Crippen LogP contribution in [0.25, 0.3) is 60.5 Å². The molecule has 0 fully saturated rings. The van der Waals surface area contributed by atoms with Crippen LogP contribution in [0.2, 0.25) is 0 Å². The SMILES string of the molecule is [2H]c1c([2H])c([2H])c2c([2H])c(C3(c4cccc5c4c4ccccc4n5-c4ccccc4)c4ccccc4-c4cc(N(c5ccccc5)c5ccccc5-c5ccccc5)ccc43)c([2H])c([2H])c2c1[2H]. The van der Waals surface area contributed by atoms with E-state index >= 15 is 0 Å². The number of hydrogen-bond donors (Lipinski definition) is 0. The van der Waals surface area contributed by atoms with Gasteiger partial charge in [-0.1, -0.05) is 182 Å². The van der Waals surface area contributed by atoms with Crippen molar-refractivity contribution in [1.29, 1.82) is 0 Å². The van der Waals surface area contributed by atoms with Crippen molar-refractivity contribution in [2.24, 2.45) is 0 Å². The number of anilines is 3. The zero-order chi connectivity index (χ0) is 46.4. The number of rotatable bonds is 7. The Hall–Kier alpha value is -7.94. The summed E-state index contributed by atoms with van der Waals surface area (Å²) in [7, 11) is 0. The van der Waals surface area contributed by atoms with E-state index in [1.54, 1.807) is 0 Å². The topological polar surface area (TPSA) is 8.17 Å². The van der Waals surface area contributed by atoms with E-state index in [1.165, 1.54) is 0 Å². The van der Waals surface area contributed by atoms with Gasteiger partial charge in [0.1, 0.15) is 0 Å². The average molecular weight is 784 g/mol. The van der Waals surface area contributed by atoms with Gasteiger partial charge in [-0.25, -0.2) is 0 Å². The maximum absolute atomic E-state index is 10.3. The zero-order valence-corrected chi connectivity index (χ0v) is 32.9. The fraction of sp³-hybridized carbons (Fsp3) is 0.0169. The molecule has 1 aliphatic carbocycles. The highest BCUT2D eigenvalue weighted by atomic mass is 15.1. The van der Waals surface area contributed by atoms with Crippen molar-refractivity contribution < 1.29 is 9.60 Å². The lowest BCUT2D eigenvalue weighted by atomic mass is 9.66. The summed E-state index contributed by atoms with van der Waals surface area (Å²) < 4.78 is 67.9. The van der Waals surface area contributed by atoms with Crippen molar-refractivity contribution in [3.05, 3.63) is 265 Å². The highest BCUT2D eigenvalue weighted by Crippen LogP contribution is 2.59. The maximum Gasteiger partial charge on any atom is 0.0720 e. The highest BCUT2D eigenvalue weighted by Gasteiger charge is 2.47. The third-order valence-electron chi connectivity index (χ3n) is 12.3.